The van der Waals surface area contributed by atoms with Gasteiger partial charge in [-0.1, -0.05) is 25.1 Å². The average Bonchev–Trinajstić information content (AvgIpc) is 3.23. The van der Waals surface area contributed by atoms with Gasteiger partial charge in [0.05, 0.1) is 22.5 Å². The number of aromatic nitrogens is 4. The lowest BCUT2D eigenvalue weighted by molar-refractivity contribution is -0.124. The van der Waals surface area contributed by atoms with Crippen LogP contribution in [0.4, 0.5) is 0 Å². The molecule has 1 aliphatic rings. The summed E-state index contributed by atoms with van der Waals surface area (Å²) in [5.74, 6) is -0.195. The highest BCUT2D eigenvalue weighted by atomic mass is 16.2. The third kappa shape index (κ3) is 5.46. The number of aryl methyl sites for hydroxylation is 2. The van der Waals surface area contributed by atoms with E-state index >= 15 is 0 Å². The molecular formula is C26H37N7O2. The molecule has 0 spiro atoms. The second-order valence-electron chi connectivity index (χ2n) is 9.40. The van der Waals surface area contributed by atoms with Gasteiger partial charge in [-0.25, -0.2) is 9.36 Å². The largest absolute Gasteiger partial charge is 0.354 e. The predicted octanol–water partition coefficient (Wildman–Crippen LogP) is 2.29. The van der Waals surface area contributed by atoms with Crippen LogP contribution in [0.15, 0.2) is 35.1 Å². The Morgan fingerprint density at radius 3 is 2.34 bits per heavy atom. The van der Waals surface area contributed by atoms with Crippen LogP contribution in [-0.2, 0) is 4.79 Å². The number of para-hydroxylation sites is 1. The van der Waals surface area contributed by atoms with Gasteiger partial charge < -0.3 is 15.1 Å². The van der Waals surface area contributed by atoms with E-state index < -0.39 is 6.04 Å². The van der Waals surface area contributed by atoms with E-state index in [2.05, 4.69) is 32.2 Å². The molecule has 1 saturated heterocycles. The molecule has 35 heavy (non-hydrogen) atoms. The Morgan fingerprint density at radius 1 is 1.03 bits per heavy atom. The van der Waals surface area contributed by atoms with E-state index in [0.29, 0.717) is 23.1 Å². The third-order valence-electron chi connectivity index (χ3n) is 6.84. The fourth-order valence-corrected chi connectivity index (χ4v) is 4.79. The molecule has 1 atom stereocenters. The lowest BCUT2D eigenvalue weighted by Crippen LogP contribution is -2.47. The quantitative estimate of drug-likeness (QED) is 0.474. The van der Waals surface area contributed by atoms with Crippen molar-refractivity contribution >= 4 is 16.8 Å². The van der Waals surface area contributed by atoms with Gasteiger partial charge in [0.15, 0.2) is 0 Å². The zero-order chi connectivity index (χ0) is 24.9. The van der Waals surface area contributed by atoms with E-state index in [1.54, 1.807) is 11.6 Å². The van der Waals surface area contributed by atoms with Gasteiger partial charge in [-0.05, 0) is 58.8 Å². The van der Waals surface area contributed by atoms with Crippen molar-refractivity contribution in [3.05, 3.63) is 52.1 Å². The monoisotopic (exact) mass is 479 g/mol. The molecule has 0 aliphatic carbocycles. The molecular weight excluding hydrogens is 442 g/mol. The average molecular weight is 480 g/mol. The zero-order valence-corrected chi connectivity index (χ0v) is 21.3. The van der Waals surface area contributed by atoms with Crippen LogP contribution in [0.2, 0.25) is 0 Å². The molecule has 1 N–H and O–H groups in total. The fraction of sp³-hybridized carbons (Fsp3) is 0.538. The maximum atomic E-state index is 13.4. The summed E-state index contributed by atoms with van der Waals surface area (Å²) in [5, 5.41) is 12.6. The Morgan fingerprint density at radius 2 is 1.69 bits per heavy atom. The smallest absolute Gasteiger partial charge is 0.278 e. The SMILES string of the molecule is CCCN1CCN(CCCNC(=O)[C@@H](C)n2nc(C)c3nn(-c4ccccc4)c(C)c3c2=O)CC1. The normalized spacial score (nSPS) is 16.0. The predicted molar refractivity (Wildman–Crippen MR) is 138 cm³/mol. The molecule has 1 aliphatic heterocycles. The Hall–Kier alpha value is -3.04. The third-order valence-corrected chi connectivity index (χ3v) is 6.84. The topological polar surface area (TPSA) is 88.3 Å². The molecule has 0 radical (unpaired) electrons. The van der Waals surface area contributed by atoms with Gasteiger partial charge in [-0.2, -0.15) is 10.2 Å². The summed E-state index contributed by atoms with van der Waals surface area (Å²) in [4.78, 5) is 31.2. The van der Waals surface area contributed by atoms with Crippen LogP contribution in [-0.4, -0.2) is 81.1 Å². The van der Waals surface area contributed by atoms with Gasteiger partial charge in [0, 0.05) is 32.7 Å². The van der Waals surface area contributed by atoms with Gasteiger partial charge in [-0.3, -0.25) is 9.59 Å². The molecule has 9 nitrogen and oxygen atoms in total. The number of fused-ring (bicyclic) bond motifs is 1. The van der Waals surface area contributed by atoms with E-state index in [1.807, 2.05) is 44.2 Å². The summed E-state index contributed by atoms with van der Waals surface area (Å²) >= 11 is 0. The van der Waals surface area contributed by atoms with E-state index in [-0.39, 0.29) is 11.5 Å². The van der Waals surface area contributed by atoms with Crippen LogP contribution in [0.25, 0.3) is 16.6 Å². The number of rotatable bonds is 9. The molecule has 3 heterocycles. The van der Waals surface area contributed by atoms with Crippen LogP contribution in [0.5, 0.6) is 0 Å². The molecule has 188 valence electrons. The molecule has 1 amide bonds. The van der Waals surface area contributed by atoms with Gasteiger partial charge in [0.25, 0.3) is 5.56 Å². The standard InChI is InChI=1S/C26H37N7O2/c1-5-13-30-15-17-31(18-16-30)14-9-12-27-25(34)21(4)33-26(35)23-20(3)32(22-10-7-6-8-11-22)29-24(23)19(2)28-33/h6-8,10-11,21H,5,9,12-18H2,1-4H3,(H,27,34)/t21-/m1/s1. The van der Waals surface area contributed by atoms with Crippen molar-refractivity contribution in [1.82, 2.24) is 34.7 Å². The number of nitrogens with one attached hydrogen (secondary N) is 1. The molecule has 9 heteroatoms. The molecule has 0 unspecified atom stereocenters. The summed E-state index contributed by atoms with van der Waals surface area (Å²) in [6, 6.07) is 8.99. The first-order chi connectivity index (χ1) is 16.9. The minimum Gasteiger partial charge on any atom is -0.354 e. The zero-order valence-electron chi connectivity index (χ0n) is 21.3. The Bertz CT molecular complexity index is 1210. The summed E-state index contributed by atoms with van der Waals surface area (Å²) in [5.41, 5.74) is 2.52. The first kappa shape index (κ1) is 25.1. The fourth-order valence-electron chi connectivity index (χ4n) is 4.79. The summed E-state index contributed by atoms with van der Waals surface area (Å²) in [6.07, 6.45) is 2.08. The molecule has 3 aromatic rings. The Kier molecular flexibility index (Phi) is 7.97. The molecule has 0 bridgehead atoms. The van der Waals surface area contributed by atoms with Crippen LogP contribution < -0.4 is 10.9 Å². The van der Waals surface area contributed by atoms with E-state index in [1.165, 1.54) is 17.6 Å². The first-order valence-corrected chi connectivity index (χ1v) is 12.7. The minimum atomic E-state index is -0.706. The van der Waals surface area contributed by atoms with E-state index in [9.17, 15) is 9.59 Å². The van der Waals surface area contributed by atoms with Crippen molar-refractivity contribution in [2.45, 2.75) is 46.6 Å². The lowest BCUT2D eigenvalue weighted by atomic mass is 10.2. The van der Waals surface area contributed by atoms with Crippen molar-refractivity contribution in [2.24, 2.45) is 0 Å². The molecule has 0 saturated carbocycles. The maximum Gasteiger partial charge on any atom is 0.278 e. The number of benzene rings is 1. The number of carbonyl (C=O) groups is 1. The van der Waals surface area contributed by atoms with Crippen molar-refractivity contribution in [3.63, 3.8) is 0 Å². The van der Waals surface area contributed by atoms with Gasteiger partial charge >= 0.3 is 0 Å². The summed E-state index contributed by atoms with van der Waals surface area (Å²) in [6.45, 7) is 14.8. The van der Waals surface area contributed by atoms with E-state index in [0.717, 1.165) is 50.5 Å². The molecule has 4 rings (SSSR count). The number of hydrogen-bond acceptors (Lipinski definition) is 6. The summed E-state index contributed by atoms with van der Waals surface area (Å²) < 4.78 is 3.06. The van der Waals surface area contributed by atoms with Crippen LogP contribution >= 0.6 is 0 Å². The minimum absolute atomic E-state index is 0.195. The first-order valence-electron chi connectivity index (χ1n) is 12.7. The number of amides is 1. The van der Waals surface area contributed by atoms with Crippen molar-refractivity contribution in [3.8, 4) is 5.69 Å². The van der Waals surface area contributed by atoms with Crippen LogP contribution in [0.3, 0.4) is 0 Å². The highest BCUT2D eigenvalue weighted by Gasteiger charge is 2.23. The maximum absolute atomic E-state index is 13.4. The number of piperazine rings is 1. The summed E-state index contributed by atoms with van der Waals surface area (Å²) in [7, 11) is 0. The van der Waals surface area contributed by atoms with E-state index in [4.69, 9.17) is 0 Å². The number of hydrogen-bond donors (Lipinski definition) is 1. The van der Waals surface area contributed by atoms with Gasteiger partial charge in [-0.15, -0.1) is 0 Å². The van der Waals surface area contributed by atoms with Crippen molar-refractivity contribution in [1.29, 1.82) is 0 Å². The highest BCUT2D eigenvalue weighted by Crippen LogP contribution is 2.20. The molecule has 2 aromatic heterocycles. The molecule has 1 fully saturated rings. The van der Waals surface area contributed by atoms with Crippen LogP contribution in [0.1, 0.15) is 44.1 Å². The molecule has 1 aromatic carbocycles. The van der Waals surface area contributed by atoms with Gasteiger partial charge in [0.1, 0.15) is 11.6 Å². The van der Waals surface area contributed by atoms with Crippen molar-refractivity contribution in [2.75, 3.05) is 45.8 Å². The lowest BCUT2D eigenvalue weighted by Gasteiger charge is -2.34. The second-order valence-corrected chi connectivity index (χ2v) is 9.40. The van der Waals surface area contributed by atoms with Crippen molar-refractivity contribution < 1.29 is 4.79 Å². The second kappa shape index (κ2) is 11.1. The number of nitrogens with zero attached hydrogens (tertiary/aromatic N) is 6. The number of carbonyl (C=O) groups excluding carboxylic acids is 1. The highest BCUT2D eigenvalue weighted by molar-refractivity contribution is 5.84. The Balaban J connectivity index is 1.40. The Labute approximate surface area is 206 Å². The van der Waals surface area contributed by atoms with Crippen LogP contribution in [0, 0.1) is 13.8 Å². The van der Waals surface area contributed by atoms with Gasteiger partial charge in [0.2, 0.25) is 5.91 Å².